The Labute approximate surface area is 115 Å². The zero-order valence-corrected chi connectivity index (χ0v) is 11.0. The van der Waals surface area contributed by atoms with Crippen molar-refractivity contribution in [3.8, 4) is 11.4 Å². The number of non-ortho nitro benzene ring substituents is 1. The summed E-state index contributed by atoms with van der Waals surface area (Å²) in [5, 5.41) is 17.9. The van der Waals surface area contributed by atoms with E-state index in [-0.39, 0.29) is 11.2 Å². The molecule has 1 atom stereocenters. The maximum absolute atomic E-state index is 10.6. The number of aromatic nitrogens is 2. The van der Waals surface area contributed by atoms with Gasteiger partial charge in [0.15, 0.2) is 0 Å². The van der Waals surface area contributed by atoms with Crippen molar-refractivity contribution in [2.24, 2.45) is 0 Å². The lowest BCUT2D eigenvalue weighted by atomic mass is 10.0. The number of rotatable bonds is 3. The Morgan fingerprint density at radius 1 is 1.40 bits per heavy atom. The van der Waals surface area contributed by atoms with Gasteiger partial charge in [-0.05, 0) is 38.4 Å². The second kappa shape index (κ2) is 4.68. The summed E-state index contributed by atoms with van der Waals surface area (Å²) in [6.45, 7) is 2.97. The standard InChI is InChI=1S/C13H14N4O3/c1-13(7-2-8-14-13)12-15-11(16-20-12)9-3-5-10(6-4-9)17(18)19/h3-6,14H,2,7-8H2,1H3. The molecule has 0 amide bonds. The molecule has 0 spiro atoms. The highest BCUT2D eigenvalue weighted by molar-refractivity contribution is 5.56. The van der Waals surface area contributed by atoms with Crippen LogP contribution in [-0.4, -0.2) is 21.6 Å². The minimum absolute atomic E-state index is 0.0434. The highest BCUT2D eigenvalue weighted by atomic mass is 16.6. The molecule has 7 heteroatoms. The van der Waals surface area contributed by atoms with Gasteiger partial charge in [0.05, 0.1) is 10.5 Å². The van der Waals surface area contributed by atoms with E-state index in [1.807, 2.05) is 6.92 Å². The summed E-state index contributed by atoms with van der Waals surface area (Å²) in [6.07, 6.45) is 2.03. The van der Waals surface area contributed by atoms with Crippen LogP contribution in [0, 0.1) is 10.1 Å². The van der Waals surface area contributed by atoms with Crippen molar-refractivity contribution in [3.05, 3.63) is 40.3 Å². The molecule has 1 aromatic heterocycles. The summed E-state index contributed by atoms with van der Waals surface area (Å²) in [5.41, 5.74) is 0.473. The van der Waals surface area contributed by atoms with Crippen LogP contribution in [0.25, 0.3) is 11.4 Å². The Bertz CT molecular complexity index is 629. The Morgan fingerprint density at radius 3 is 2.75 bits per heavy atom. The molecule has 20 heavy (non-hydrogen) atoms. The summed E-state index contributed by atoms with van der Waals surface area (Å²) >= 11 is 0. The molecule has 104 valence electrons. The number of nitro benzene ring substituents is 1. The van der Waals surface area contributed by atoms with Gasteiger partial charge in [-0.3, -0.25) is 10.1 Å². The topological polar surface area (TPSA) is 94.1 Å². The third kappa shape index (κ3) is 2.16. The van der Waals surface area contributed by atoms with E-state index in [0.717, 1.165) is 19.4 Å². The lowest BCUT2D eigenvalue weighted by Crippen LogP contribution is -2.33. The van der Waals surface area contributed by atoms with Crippen LogP contribution in [0.2, 0.25) is 0 Å². The van der Waals surface area contributed by atoms with Crippen LogP contribution < -0.4 is 5.32 Å². The quantitative estimate of drug-likeness (QED) is 0.681. The van der Waals surface area contributed by atoms with Gasteiger partial charge in [0.2, 0.25) is 11.7 Å². The number of nitrogens with one attached hydrogen (secondary N) is 1. The van der Waals surface area contributed by atoms with Crippen LogP contribution in [0.4, 0.5) is 5.69 Å². The van der Waals surface area contributed by atoms with E-state index in [1.165, 1.54) is 12.1 Å². The third-order valence-corrected chi connectivity index (χ3v) is 3.60. The van der Waals surface area contributed by atoms with E-state index in [0.29, 0.717) is 17.3 Å². The first-order valence-electron chi connectivity index (χ1n) is 6.42. The van der Waals surface area contributed by atoms with E-state index >= 15 is 0 Å². The van der Waals surface area contributed by atoms with Crippen molar-refractivity contribution in [2.75, 3.05) is 6.54 Å². The maximum Gasteiger partial charge on any atom is 0.269 e. The molecular formula is C13H14N4O3. The van der Waals surface area contributed by atoms with Crippen molar-refractivity contribution in [1.29, 1.82) is 0 Å². The van der Waals surface area contributed by atoms with E-state index in [9.17, 15) is 10.1 Å². The Morgan fingerprint density at radius 2 is 2.15 bits per heavy atom. The van der Waals surface area contributed by atoms with E-state index in [2.05, 4.69) is 15.5 Å². The van der Waals surface area contributed by atoms with Crippen molar-refractivity contribution in [3.63, 3.8) is 0 Å². The summed E-state index contributed by atoms with van der Waals surface area (Å²) < 4.78 is 5.33. The second-order valence-corrected chi connectivity index (χ2v) is 5.09. The van der Waals surface area contributed by atoms with Gasteiger partial charge in [-0.15, -0.1) is 0 Å². The molecule has 1 N–H and O–H groups in total. The van der Waals surface area contributed by atoms with Gasteiger partial charge in [-0.2, -0.15) is 4.98 Å². The van der Waals surface area contributed by atoms with Crippen LogP contribution in [0.15, 0.2) is 28.8 Å². The first-order chi connectivity index (χ1) is 9.58. The molecule has 1 unspecified atom stereocenters. The first kappa shape index (κ1) is 12.7. The van der Waals surface area contributed by atoms with Gasteiger partial charge in [0, 0.05) is 17.7 Å². The summed E-state index contributed by atoms with van der Waals surface area (Å²) in [4.78, 5) is 14.6. The molecular weight excluding hydrogens is 260 g/mol. The molecule has 2 heterocycles. The Balaban J connectivity index is 1.88. The molecule has 1 aliphatic rings. The molecule has 0 saturated carbocycles. The maximum atomic E-state index is 10.6. The van der Waals surface area contributed by atoms with Gasteiger partial charge in [0.1, 0.15) is 0 Å². The van der Waals surface area contributed by atoms with Crippen molar-refractivity contribution in [1.82, 2.24) is 15.5 Å². The van der Waals surface area contributed by atoms with Crippen LogP contribution in [-0.2, 0) is 5.54 Å². The number of hydrogen-bond acceptors (Lipinski definition) is 6. The summed E-state index contributed by atoms with van der Waals surface area (Å²) in [5.74, 6) is 1.01. The van der Waals surface area contributed by atoms with Crippen molar-refractivity contribution in [2.45, 2.75) is 25.3 Å². The minimum atomic E-state index is -0.436. The van der Waals surface area contributed by atoms with Gasteiger partial charge in [-0.25, -0.2) is 0 Å². The monoisotopic (exact) mass is 274 g/mol. The van der Waals surface area contributed by atoms with E-state index in [1.54, 1.807) is 12.1 Å². The Hall–Kier alpha value is -2.28. The van der Waals surface area contributed by atoms with Crippen LogP contribution in [0.1, 0.15) is 25.7 Å². The minimum Gasteiger partial charge on any atom is -0.337 e. The summed E-state index contributed by atoms with van der Waals surface area (Å²) in [6, 6.07) is 6.11. The van der Waals surface area contributed by atoms with Crippen LogP contribution in [0.5, 0.6) is 0 Å². The average molecular weight is 274 g/mol. The predicted molar refractivity (Wildman–Crippen MR) is 71.0 cm³/mol. The smallest absolute Gasteiger partial charge is 0.269 e. The zero-order chi connectivity index (χ0) is 14.2. The normalized spacial score (nSPS) is 22.1. The predicted octanol–water partition coefficient (Wildman–Crippen LogP) is 2.24. The molecule has 0 radical (unpaired) electrons. The number of nitrogens with zero attached hydrogens (tertiary/aromatic N) is 3. The van der Waals surface area contributed by atoms with E-state index < -0.39 is 4.92 Å². The number of hydrogen-bond donors (Lipinski definition) is 1. The van der Waals surface area contributed by atoms with E-state index in [4.69, 9.17) is 4.52 Å². The molecule has 1 saturated heterocycles. The fraction of sp³-hybridized carbons (Fsp3) is 0.385. The van der Waals surface area contributed by atoms with Gasteiger partial charge in [-0.1, -0.05) is 5.16 Å². The highest BCUT2D eigenvalue weighted by Gasteiger charge is 2.35. The average Bonchev–Trinajstić information content (AvgIpc) is 3.08. The molecule has 1 aliphatic heterocycles. The number of nitro groups is 1. The molecule has 0 aliphatic carbocycles. The van der Waals surface area contributed by atoms with Crippen LogP contribution >= 0.6 is 0 Å². The molecule has 3 rings (SSSR count). The van der Waals surface area contributed by atoms with Gasteiger partial charge in [0.25, 0.3) is 5.69 Å². The number of benzene rings is 1. The third-order valence-electron chi connectivity index (χ3n) is 3.60. The molecule has 7 nitrogen and oxygen atoms in total. The second-order valence-electron chi connectivity index (χ2n) is 5.09. The van der Waals surface area contributed by atoms with Gasteiger partial charge < -0.3 is 9.84 Å². The van der Waals surface area contributed by atoms with Crippen LogP contribution in [0.3, 0.4) is 0 Å². The first-order valence-corrected chi connectivity index (χ1v) is 6.42. The zero-order valence-electron chi connectivity index (χ0n) is 11.0. The fourth-order valence-electron chi connectivity index (χ4n) is 2.37. The molecule has 0 bridgehead atoms. The largest absolute Gasteiger partial charge is 0.337 e. The molecule has 1 aromatic carbocycles. The lowest BCUT2D eigenvalue weighted by Gasteiger charge is -2.18. The lowest BCUT2D eigenvalue weighted by molar-refractivity contribution is -0.384. The van der Waals surface area contributed by atoms with Crippen molar-refractivity contribution >= 4 is 5.69 Å². The summed E-state index contributed by atoms with van der Waals surface area (Å²) in [7, 11) is 0. The SMILES string of the molecule is CC1(c2nc(-c3ccc([N+](=O)[O-])cc3)no2)CCCN1. The highest BCUT2D eigenvalue weighted by Crippen LogP contribution is 2.30. The molecule has 2 aromatic rings. The fourth-order valence-corrected chi connectivity index (χ4v) is 2.37. The molecule has 1 fully saturated rings. The van der Waals surface area contributed by atoms with Gasteiger partial charge >= 0.3 is 0 Å². The van der Waals surface area contributed by atoms with Crippen molar-refractivity contribution < 1.29 is 9.45 Å². The Kier molecular flexibility index (Phi) is 2.98.